The van der Waals surface area contributed by atoms with Gasteiger partial charge in [0.25, 0.3) is 0 Å². The first-order valence-corrected chi connectivity index (χ1v) is 6.38. The minimum Gasteiger partial charge on any atom is -0.356 e. The van der Waals surface area contributed by atoms with Gasteiger partial charge in [-0.1, -0.05) is 26.0 Å². The highest BCUT2D eigenvalue weighted by Crippen LogP contribution is 2.23. The standard InChI is InChI=1S/C15H22N2/c1-12(2)14-5-7-15(8-6-14)17-10-9-16(11-17)13(3)4/h5-10,12-13H,11H2,1-4H3. The molecule has 0 bridgehead atoms. The predicted molar refractivity (Wildman–Crippen MR) is 74.0 cm³/mol. The molecule has 0 aromatic heterocycles. The van der Waals surface area contributed by atoms with Crippen molar-refractivity contribution < 1.29 is 0 Å². The molecule has 0 fully saturated rings. The van der Waals surface area contributed by atoms with Gasteiger partial charge in [0, 0.05) is 24.1 Å². The highest BCUT2D eigenvalue weighted by Gasteiger charge is 2.15. The van der Waals surface area contributed by atoms with Crippen molar-refractivity contribution in [3.05, 3.63) is 42.2 Å². The van der Waals surface area contributed by atoms with E-state index in [1.54, 1.807) is 0 Å². The van der Waals surface area contributed by atoms with Crippen molar-refractivity contribution in [1.29, 1.82) is 0 Å². The largest absolute Gasteiger partial charge is 0.356 e. The van der Waals surface area contributed by atoms with E-state index in [2.05, 4.69) is 74.2 Å². The van der Waals surface area contributed by atoms with Crippen LogP contribution in [0.15, 0.2) is 36.7 Å². The van der Waals surface area contributed by atoms with Gasteiger partial charge in [-0.05, 0) is 37.5 Å². The van der Waals surface area contributed by atoms with Crippen LogP contribution in [0.1, 0.15) is 39.2 Å². The number of nitrogens with zero attached hydrogens (tertiary/aromatic N) is 2. The molecule has 2 nitrogen and oxygen atoms in total. The van der Waals surface area contributed by atoms with Gasteiger partial charge in [-0.3, -0.25) is 0 Å². The lowest BCUT2D eigenvalue weighted by atomic mass is 10.0. The highest BCUT2D eigenvalue weighted by molar-refractivity contribution is 5.51. The van der Waals surface area contributed by atoms with Gasteiger partial charge in [-0.15, -0.1) is 0 Å². The molecule has 0 N–H and O–H groups in total. The zero-order chi connectivity index (χ0) is 12.4. The Kier molecular flexibility index (Phi) is 3.41. The van der Waals surface area contributed by atoms with Gasteiger partial charge in [0.05, 0.1) is 6.67 Å². The molecule has 0 unspecified atom stereocenters. The fraction of sp³-hybridized carbons (Fsp3) is 0.467. The summed E-state index contributed by atoms with van der Waals surface area (Å²) in [5, 5.41) is 0. The molecule has 0 spiro atoms. The second-order valence-electron chi connectivity index (χ2n) is 5.26. The van der Waals surface area contributed by atoms with Crippen LogP contribution in [0.5, 0.6) is 0 Å². The first kappa shape index (κ1) is 12.0. The van der Waals surface area contributed by atoms with E-state index in [0.717, 1.165) is 6.67 Å². The summed E-state index contributed by atoms with van der Waals surface area (Å²) >= 11 is 0. The van der Waals surface area contributed by atoms with Crippen molar-refractivity contribution in [3.8, 4) is 0 Å². The van der Waals surface area contributed by atoms with Crippen LogP contribution in [0.25, 0.3) is 0 Å². The summed E-state index contributed by atoms with van der Waals surface area (Å²) < 4.78 is 0. The molecule has 0 saturated heterocycles. The number of rotatable bonds is 3. The molecule has 17 heavy (non-hydrogen) atoms. The summed E-state index contributed by atoms with van der Waals surface area (Å²) in [5.41, 5.74) is 2.67. The summed E-state index contributed by atoms with van der Waals surface area (Å²) in [6.07, 6.45) is 4.32. The maximum atomic E-state index is 2.33. The Bertz CT molecular complexity index is 390. The number of hydrogen-bond donors (Lipinski definition) is 0. The Balaban J connectivity index is 2.07. The topological polar surface area (TPSA) is 6.48 Å². The maximum absolute atomic E-state index is 2.33. The van der Waals surface area contributed by atoms with Crippen molar-refractivity contribution in [2.24, 2.45) is 0 Å². The van der Waals surface area contributed by atoms with Crippen molar-refractivity contribution in [2.45, 2.75) is 39.7 Å². The number of benzene rings is 1. The summed E-state index contributed by atoms with van der Waals surface area (Å²) in [5.74, 6) is 0.602. The Hall–Kier alpha value is -1.44. The molecule has 0 radical (unpaired) electrons. The van der Waals surface area contributed by atoms with Crippen molar-refractivity contribution in [2.75, 3.05) is 11.6 Å². The van der Waals surface area contributed by atoms with E-state index in [4.69, 9.17) is 0 Å². The average molecular weight is 230 g/mol. The molecule has 0 atom stereocenters. The van der Waals surface area contributed by atoms with Gasteiger partial charge in [0.15, 0.2) is 0 Å². The Morgan fingerprint density at radius 1 is 0.941 bits per heavy atom. The van der Waals surface area contributed by atoms with E-state index in [1.165, 1.54) is 11.3 Å². The Labute approximate surface area is 105 Å². The smallest absolute Gasteiger partial charge is 0.0944 e. The predicted octanol–water partition coefficient (Wildman–Crippen LogP) is 3.77. The molecule has 92 valence electrons. The van der Waals surface area contributed by atoms with Crippen molar-refractivity contribution >= 4 is 5.69 Å². The zero-order valence-corrected chi connectivity index (χ0v) is 11.2. The van der Waals surface area contributed by atoms with E-state index in [9.17, 15) is 0 Å². The summed E-state index contributed by atoms with van der Waals surface area (Å²) in [7, 11) is 0. The molecule has 1 aromatic carbocycles. The Morgan fingerprint density at radius 2 is 1.59 bits per heavy atom. The van der Waals surface area contributed by atoms with Gasteiger partial charge in [0.2, 0.25) is 0 Å². The molecule has 0 aliphatic carbocycles. The molecule has 2 rings (SSSR count). The molecule has 1 aromatic rings. The average Bonchev–Trinajstić information content (AvgIpc) is 2.78. The quantitative estimate of drug-likeness (QED) is 0.780. The molecule has 1 aliphatic heterocycles. The maximum Gasteiger partial charge on any atom is 0.0944 e. The fourth-order valence-corrected chi connectivity index (χ4v) is 1.99. The van der Waals surface area contributed by atoms with Crippen LogP contribution >= 0.6 is 0 Å². The van der Waals surface area contributed by atoms with Gasteiger partial charge in [0.1, 0.15) is 0 Å². The third kappa shape index (κ3) is 2.63. The summed E-state index contributed by atoms with van der Waals surface area (Å²) in [6, 6.07) is 9.44. The lowest BCUT2D eigenvalue weighted by Crippen LogP contribution is -2.30. The van der Waals surface area contributed by atoms with Crippen molar-refractivity contribution in [3.63, 3.8) is 0 Å². The van der Waals surface area contributed by atoms with Gasteiger partial charge >= 0.3 is 0 Å². The van der Waals surface area contributed by atoms with E-state index < -0.39 is 0 Å². The summed E-state index contributed by atoms with van der Waals surface area (Å²) in [6.45, 7) is 9.85. The lowest BCUT2D eigenvalue weighted by molar-refractivity contribution is 0.336. The van der Waals surface area contributed by atoms with Gasteiger partial charge in [-0.2, -0.15) is 0 Å². The Morgan fingerprint density at radius 3 is 2.06 bits per heavy atom. The van der Waals surface area contributed by atoms with E-state index in [0.29, 0.717) is 12.0 Å². The fourth-order valence-electron chi connectivity index (χ4n) is 1.99. The van der Waals surface area contributed by atoms with Crippen LogP contribution < -0.4 is 4.90 Å². The third-order valence-electron chi connectivity index (χ3n) is 3.31. The van der Waals surface area contributed by atoms with Gasteiger partial charge < -0.3 is 9.80 Å². The van der Waals surface area contributed by atoms with E-state index in [1.807, 2.05) is 0 Å². The first-order valence-electron chi connectivity index (χ1n) is 6.38. The van der Waals surface area contributed by atoms with Crippen LogP contribution in [0.2, 0.25) is 0 Å². The first-order chi connectivity index (χ1) is 8.08. The monoisotopic (exact) mass is 230 g/mol. The SMILES string of the molecule is CC(C)c1ccc(N2C=CN(C(C)C)C2)cc1. The van der Waals surface area contributed by atoms with Crippen LogP contribution in [0.3, 0.4) is 0 Å². The second-order valence-corrected chi connectivity index (χ2v) is 5.26. The molecular weight excluding hydrogens is 208 g/mol. The minimum atomic E-state index is 0.561. The van der Waals surface area contributed by atoms with Crippen molar-refractivity contribution in [1.82, 2.24) is 4.90 Å². The van der Waals surface area contributed by atoms with E-state index in [-0.39, 0.29) is 0 Å². The lowest BCUT2D eigenvalue weighted by Gasteiger charge is -2.24. The molecule has 0 amide bonds. The second kappa shape index (κ2) is 4.82. The summed E-state index contributed by atoms with van der Waals surface area (Å²) in [4.78, 5) is 4.61. The van der Waals surface area contributed by atoms with E-state index >= 15 is 0 Å². The molecule has 2 heteroatoms. The normalized spacial score (nSPS) is 15.4. The third-order valence-corrected chi connectivity index (χ3v) is 3.31. The number of anilines is 1. The minimum absolute atomic E-state index is 0.561. The number of hydrogen-bond acceptors (Lipinski definition) is 2. The van der Waals surface area contributed by atoms with Crippen LogP contribution in [-0.2, 0) is 0 Å². The van der Waals surface area contributed by atoms with Crippen LogP contribution in [0, 0.1) is 0 Å². The molecular formula is C15H22N2. The van der Waals surface area contributed by atoms with Gasteiger partial charge in [-0.25, -0.2) is 0 Å². The van der Waals surface area contributed by atoms with Crippen LogP contribution in [-0.4, -0.2) is 17.6 Å². The molecule has 1 heterocycles. The zero-order valence-electron chi connectivity index (χ0n) is 11.2. The van der Waals surface area contributed by atoms with Crippen LogP contribution in [0.4, 0.5) is 5.69 Å². The highest BCUT2D eigenvalue weighted by atomic mass is 15.3. The molecule has 0 saturated carbocycles. The molecule has 1 aliphatic rings.